The Labute approximate surface area is 260 Å². The van der Waals surface area contributed by atoms with Crippen molar-refractivity contribution < 1.29 is 36.9 Å². The molecule has 6 aromatic rings. The molecule has 0 aliphatic heterocycles. The van der Waals surface area contributed by atoms with Crippen molar-refractivity contribution in [2.75, 3.05) is 0 Å². The smallest absolute Gasteiger partial charge is 0 e. The van der Waals surface area contributed by atoms with E-state index < -0.39 is 33.8 Å². The molecule has 0 saturated carbocycles. The van der Waals surface area contributed by atoms with E-state index in [1.807, 2.05) is 30.5 Å². The van der Waals surface area contributed by atoms with E-state index in [0.29, 0.717) is 27.5 Å². The Balaban J connectivity index is 0.000000258. The molecular formula is C34H32GeIrN2O-2. The van der Waals surface area contributed by atoms with E-state index in [-0.39, 0.29) is 42.5 Å². The van der Waals surface area contributed by atoms with Crippen LogP contribution in [0.2, 0.25) is 17.3 Å². The first kappa shape index (κ1) is 19.1. The maximum absolute atomic E-state index is 7.75. The van der Waals surface area contributed by atoms with Gasteiger partial charge >= 0.3 is 99.8 Å². The number of aromatic nitrogens is 2. The number of nitrogens with zero attached hydrogens (tertiary/aromatic N) is 2. The summed E-state index contributed by atoms with van der Waals surface area (Å²) in [7, 11) is 0. The maximum Gasteiger partial charge on any atom is 0 e. The van der Waals surface area contributed by atoms with E-state index in [9.17, 15) is 0 Å². The van der Waals surface area contributed by atoms with Crippen molar-refractivity contribution in [3.63, 3.8) is 0 Å². The molecule has 0 aliphatic rings. The topological polar surface area (TPSA) is 38.9 Å². The Bertz CT molecular complexity index is 2030. The molecule has 0 fully saturated rings. The van der Waals surface area contributed by atoms with Gasteiger partial charge in [0.2, 0.25) is 0 Å². The van der Waals surface area contributed by atoms with Gasteiger partial charge in [0.1, 0.15) is 5.58 Å². The largest absolute Gasteiger partial charge is 0 e. The molecule has 3 nitrogen and oxygen atoms in total. The number of aryl methyl sites for hydroxylation is 3. The third-order valence-corrected chi connectivity index (χ3v) is 10.5. The molecule has 0 aliphatic carbocycles. The van der Waals surface area contributed by atoms with Crippen LogP contribution in [-0.2, 0) is 20.1 Å². The summed E-state index contributed by atoms with van der Waals surface area (Å²) in [6.07, 6.45) is 3.09. The first-order valence-corrected chi connectivity index (χ1v) is 19.5. The molecular weight excluding hydrogens is 717 g/mol. The number of hydrogen-bond acceptors (Lipinski definition) is 3. The minimum absolute atomic E-state index is 0. The first-order valence-electron chi connectivity index (χ1n) is 16.7. The Morgan fingerprint density at radius 2 is 1.62 bits per heavy atom. The van der Waals surface area contributed by atoms with Gasteiger partial charge in [-0.25, -0.2) is 0 Å². The monoisotopic (exact) mass is 760 g/mol. The second-order valence-electron chi connectivity index (χ2n) is 9.98. The van der Waals surface area contributed by atoms with Crippen LogP contribution in [0.3, 0.4) is 0 Å². The van der Waals surface area contributed by atoms with Crippen LogP contribution in [-0.4, -0.2) is 23.2 Å². The number of pyridine rings is 2. The van der Waals surface area contributed by atoms with Gasteiger partial charge in [0.25, 0.3) is 0 Å². The average molecular weight is 759 g/mol. The Kier molecular flexibility index (Phi) is 5.88. The summed E-state index contributed by atoms with van der Waals surface area (Å²) in [5, 5.41) is 1.37. The van der Waals surface area contributed by atoms with E-state index in [1.165, 1.54) is 22.6 Å². The molecule has 199 valence electrons. The van der Waals surface area contributed by atoms with Crippen LogP contribution in [0.1, 0.15) is 29.0 Å². The van der Waals surface area contributed by atoms with Crippen molar-refractivity contribution in [1.82, 2.24) is 9.97 Å². The zero-order chi connectivity index (χ0) is 34.4. The van der Waals surface area contributed by atoms with Gasteiger partial charge in [-0.05, 0) is 43.4 Å². The zero-order valence-electron chi connectivity index (χ0n) is 30.7. The van der Waals surface area contributed by atoms with Crippen LogP contribution >= 0.6 is 0 Å². The van der Waals surface area contributed by atoms with Crippen LogP contribution < -0.4 is 4.40 Å². The molecule has 0 atom stereocenters. The predicted molar refractivity (Wildman–Crippen MR) is 161 cm³/mol. The van der Waals surface area contributed by atoms with Crippen LogP contribution in [0, 0.1) is 32.7 Å². The Hall–Kier alpha value is -3.05. The Morgan fingerprint density at radius 3 is 2.31 bits per heavy atom. The second kappa shape index (κ2) is 12.0. The van der Waals surface area contributed by atoms with E-state index >= 15 is 0 Å². The van der Waals surface area contributed by atoms with Gasteiger partial charge in [0.05, 0.1) is 5.58 Å². The van der Waals surface area contributed by atoms with Crippen LogP contribution in [0.15, 0.2) is 89.6 Å². The summed E-state index contributed by atoms with van der Waals surface area (Å²) in [6.45, 7) is -7.57. The van der Waals surface area contributed by atoms with Gasteiger partial charge in [-0.3, -0.25) is 0 Å². The molecule has 39 heavy (non-hydrogen) atoms. The third kappa shape index (κ3) is 6.41. The first-order chi connectivity index (χ1) is 21.8. The molecule has 0 saturated heterocycles. The maximum atomic E-state index is 7.75. The third-order valence-electron chi connectivity index (χ3n) is 6.21. The van der Waals surface area contributed by atoms with E-state index in [4.69, 9.17) is 16.8 Å². The fourth-order valence-corrected chi connectivity index (χ4v) is 6.25. The van der Waals surface area contributed by atoms with E-state index in [1.54, 1.807) is 18.2 Å². The van der Waals surface area contributed by atoms with Crippen molar-refractivity contribution in [1.29, 1.82) is 0 Å². The minimum Gasteiger partial charge on any atom is 0 e. The SMILES string of the molecule is [2H]C([2H])([2H])c1ccc2c(c1)oc1c(-c3cc(C([2H])([2H])[2H])c(C([2H])([2H])[2H])cn3)[c-]ccc12.[CH3][Ge]([CH3])([CH3])[c]1ccc(-c2[c-]cccc2)nc1.[Ir]. The minimum atomic E-state index is -2.65. The molecule has 3 aromatic heterocycles. The molecule has 6 rings (SSSR count). The average Bonchev–Trinajstić information content (AvgIpc) is 3.38. The molecule has 0 spiro atoms. The number of fused-ring (bicyclic) bond motifs is 3. The van der Waals surface area contributed by atoms with Gasteiger partial charge < -0.3 is 9.40 Å². The van der Waals surface area contributed by atoms with Gasteiger partial charge in [-0.15, -0.1) is 18.2 Å². The van der Waals surface area contributed by atoms with Crippen molar-refractivity contribution in [2.24, 2.45) is 0 Å². The molecule has 0 unspecified atom stereocenters. The summed E-state index contributed by atoms with van der Waals surface area (Å²) in [4.78, 5) is 8.71. The normalized spacial score (nSPS) is 15.5. The molecule has 0 amide bonds. The molecule has 0 bridgehead atoms. The molecule has 0 N–H and O–H groups in total. The standard InChI is InChI=1S/C20H16NO.C14H16GeN.Ir/c1-12-7-8-15-16-5-4-6-17(20(16)22-19(15)9-12)18-10-13(2)14(3)11-21-18;1-15(2,3)13-9-10-14(16-11-13)12-7-5-4-6-8-12;/h4-5,7-11H,1-3H3;4-7,9-11H,1-3H3;/q2*-1;/i1D3,2D3,3D3;;. The number of rotatable bonds is 3. The summed E-state index contributed by atoms with van der Waals surface area (Å²) < 4.78 is 76.2. The number of hydrogen-bond donors (Lipinski definition) is 0. The van der Waals surface area contributed by atoms with Crippen LogP contribution in [0.25, 0.3) is 44.5 Å². The molecule has 1 radical (unpaired) electrons. The van der Waals surface area contributed by atoms with Crippen LogP contribution in [0.5, 0.6) is 0 Å². The van der Waals surface area contributed by atoms with Crippen molar-refractivity contribution in [3.8, 4) is 22.5 Å². The predicted octanol–water partition coefficient (Wildman–Crippen LogP) is 8.46. The van der Waals surface area contributed by atoms with E-state index in [0.717, 1.165) is 17.5 Å². The zero-order valence-corrected chi connectivity index (χ0v) is 26.2. The second-order valence-corrected chi connectivity index (χ2v) is 20.6. The van der Waals surface area contributed by atoms with Gasteiger partial charge in [-0.2, -0.15) is 0 Å². The number of furan rings is 1. The van der Waals surface area contributed by atoms with Gasteiger partial charge in [-0.1, -0.05) is 34.7 Å². The van der Waals surface area contributed by atoms with Gasteiger partial charge in [0, 0.05) is 44.0 Å². The van der Waals surface area contributed by atoms with Gasteiger partial charge in [0.15, 0.2) is 0 Å². The van der Waals surface area contributed by atoms with Crippen molar-refractivity contribution in [2.45, 2.75) is 37.8 Å². The summed E-state index contributed by atoms with van der Waals surface area (Å²) in [5.41, 5.74) is 2.82. The summed E-state index contributed by atoms with van der Waals surface area (Å²) in [5.74, 6) is 7.14. The fraction of sp³-hybridized carbons (Fsp3) is 0.176. The molecule has 5 heteroatoms. The quantitative estimate of drug-likeness (QED) is 0.134. The number of benzene rings is 3. The van der Waals surface area contributed by atoms with E-state index in [2.05, 4.69) is 51.5 Å². The summed E-state index contributed by atoms with van der Waals surface area (Å²) >= 11 is -1.72. The Morgan fingerprint density at radius 1 is 0.769 bits per heavy atom. The molecule has 3 aromatic carbocycles. The van der Waals surface area contributed by atoms with Crippen molar-refractivity contribution in [3.05, 3.63) is 114 Å². The molecule has 3 heterocycles. The van der Waals surface area contributed by atoms with Crippen molar-refractivity contribution >= 4 is 39.6 Å². The fourth-order valence-electron chi connectivity index (χ4n) is 4.07. The van der Waals surface area contributed by atoms with Crippen LogP contribution in [0.4, 0.5) is 0 Å². The summed E-state index contributed by atoms with van der Waals surface area (Å²) in [6, 6.07) is 27.7.